The minimum absolute atomic E-state index is 0.0933. The summed E-state index contributed by atoms with van der Waals surface area (Å²) in [7, 11) is 0. The molecule has 2 aromatic heterocycles. The zero-order valence-corrected chi connectivity index (χ0v) is 10.6. The average molecular weight is 242 g/mol. The first kappa shape index (κ1) is 11.4. The number of hydrogen-bond acceptors (Lipinski definition) is 3. The van der Waals surface area contributed by atoms with Gasteiger partial charge < -0.3 is 10.7 Å². The van der Waals surface area contributed by atoms with Gasteiger partial charge in [0.15, 0.2) is 0 Å². The van der Waals surface area contributed by atoms with Crippen molar-refractivity contribution in [1.82, 2.24) is 15.0 Å². The molecule has 0 radical (unpaired) electrons. The maximum Gasteiger partial charge on any atom is 0.114 e. The summed E-state index contributed by atoms with van der Waals surface area (Å²) in [4.78, 5) is 12.2. The van der Waals surface area contributed by atoms with Gasteiger partial charge in [-0.15, -0.1) is 0 Å². The Morgan fingerprint density at radius 1 is 1.33 bits per heavy atom. The van der Waals surface area contributed by atoms with Crippen LogP contribution in [0.3, 0.4) is 0 Å². The van der Waals surface area contributed by atoms with Crippen LogP contribution >= 0.6 is 0 Å². The quantitative estimate of drug-likeness (QED) is 0.866. The number of nitrogens with one attached hydrogen (secondary N) is 1. The number of aromatic nitrogens is 3. The smallest absolute Gasteiger partial charge is 0.114 e. The third-order valence-electron chi connectivity index (χ3n) is 4.04. The van der Waals surface area contributed by atoms with Crippen LogP contribution in [-0.4, -0.2) is 21.5 Å². The van der Waals surface area contributed by atoms with E-state index < -0.39 is 0 Å². The van der Waals surface area contributed by atoms with Crippen LogP contribution < -0.4 is 5.73 Å². The van der Waals surface area contributed by atoms with Crippen molar-refractivity contribution in [2.75, 3.05) is 6.54 Å². The number of imidazole rings is 1. The number of hydrogen-bond donors (Lipinski definition) is 2. The molecule has 1 aliphatic carbocycles. The van der Waals surface area contributed by atoms with Gasteiger partial charge in [-0.2, -0.15) is 0 Å². The molecule has 0 saturated heterocycles. The van der Waals surface area contributed by atoms with Gasteiger partial charge in [-0.05, 0) is 31.9 Å². The Hall–Kier alpha value is -1.68. The fraction of sp³-hybridized carbons (Fsp3) is 0.429. The Labute approximate surface area is 107 Å². The summed E-state index contributed by atoms with van der Waals surface area (Å²) >= 11 is 0. The van der Waals surface area contributed by atoms with Gasteiger partial charge in [0.25, 0.3) is 0 Å². The summed E-state index contributed by atoms with van der Waals surface area (Å²) in [6, 6.07) is 3.98. The van der Waals surface area contributed by atoms with Crippen LogP contribution in [0.5, 0.6) is 0 Å². The second-order valence-electron chi connectivity index (χ2n) is 5.13. The van der Waals surface area contributed by atoms with Crippen LogP contribution in [0.15, 0.2) is 24.5 Å². The molecular formula is C14H18N4. The zero-order valence-electron chi connectivity index (χ0n) is 10.6. The van der Waals surface area contributed by atoms with Crippen molar-refractivity contribution < 1.29 is 0 Å². The van der Waals surface area contributed by atoms with E-state index >= 15 is 0 Å². The first-order valence-corrected chi connectivity index (χ1v) is 6.43. The molecule has 2 heterocycles. The van der Waals surface area contributed by atoms with E-state index in [9.17, 15) is 0 Å². The Kier molecular flexibility index (Phi) is 2.67. The van der Waals surface area contributed by atoms with Crippen molar-refractivity contribution in [3.05, 3.63) is 36.0 Å². The van der Waals surface area contributed by atoms with E-state index in [0.29, 0.717) is 6.54 Å². The van der Waals surface area contributed by atoms with E-state index in [1.54, 1.807) is 12.4 Å². The van der Waals surface area contributed by atoms with Crippen LogP contribution in [0.1, 0.15) is 30.8 Å². The lowest BCUT2D eigenvalue weighted by atomic mass is 9.68. The highest BCUT2D eigenvalue weighted by molar-refractivity contribution is 5.61. The van der Waals surface area contributed by atoms with Gasteiger partial charge in [-0.25, -0.2) is 4.98 Å². The van der Waals surface area contributed by atoms with Crippen molar-refractivity contribution in [2.45, 2.75) is 31.6 Å². The molecule has 0 atom stereocenters. The molecule has 0 aliphatic heterocycles. The molecule has 3 rings (SSSR count). The first-order valence-electron chi connectivity index (χ1n) is 6.43. The summed E-state index contributed by atoms with van der Waals surface area (Å²) in [5.74, 6) is 1.06. The Morgan fingerprint density at radius 2 is 2.06 bits per heavy atom. The van der Waals surface area contributed by atoms with Crippen LogP contribution in [0.2, 0.25) is 0 Å². The molecule has 2 aromatic rings. The lowest BCUT2D eigenvalue weighted by Crippen LogP contribution is -2.42. The van der Waals surface area contributed by atoms with Gasteiger partial charge in [0.05, 0.1) is 5.69 Å². The number of nitrogens with two attached hydrogens (primary N) is 1. The van der Waals surface area contributed by atoms with Crippen molar-refractivity contribution >= 4 is 0 Å². The third-order valence-corrected chi connectivity index (χ3v) is 4.04. The summed E-state index contributed by atoms with van der Waals surface area (Å²) < 4.78 is 0. The summed E-state index contributed by atoms with van der Waals surface area (Å²) in [6.07, 6.45) is 7.14. The monoisotopic (exact) mass is 242 g/mol. The highest BCUT2D eigenvalue weighted by Gasteiger charge is 2.40. The van der Waals surface area contributed by atoms with E-state index in [4.69, 9.17) is 10.7 Å². The molecule has 0 bridgehead atoms. The SMILES string of the molecule is Cc1[nH]c(C2(CN)CCC2)nc1-c1ccncc1. The molecule has 4 nitrogen and oxygen atoms in total. The predicted octanol–water partition coefficient (Wildman–Crippen LogP) is 2.16. The molecule has 0 aromatic carbocycles. The molecule has 4 heteroatoms. The molecule has 1 fully saturated rings. The van der Waals surface area contributed by atoms with Crippen LogP contribution in [0.4, 0.5) is 0 Å². The summed E-state index contributed by atoms with van der Waals surface area (Å²) in [6.45, 7) is 2.74. The minimum Gasteiger partial charge on any atom is -0.345 e. The molecule has 0 unspecified atom stereocenters. The maximum absolute atomic E-state index is 5.93. The topological polar surface area (TPSA) is 67.6 Å². The second kappa shape index (κ2) is 4.21. The molecule has 1 aliphatic rings. The number of H-pyrrole nitrogens is 1. The minimum atomic E-state index is 0.0933. The summed E-state index contributed by atoms with van der Waals surface area (Å²) in [5, 5.41) is 0. The van der Waals surface area contributed by atoms with Gasteiger partial charge in [-0.1, -0.05) is 6.42 Å². The third kappa shape index (κ3) is 1.64. The maximum atomic E-state index is 5.93. The Bertz CT molecular complexity index is 535. The van der Waals surface area contributed by atoms with E-state index in [1.807, 2.05) is 12.1 Å². The van der Waals surface area contributed by atoms with Crippen LogP contribution in [0, 0.1) is 6.92 Å². The Balaban J connectivity index is 2.01. The largest absolute Gasteiger partial charge is 0.345 e. The molecule has 1 saturated carbocycles. The molecule has 94 valence electrons. The van der Waals surface area contributed by atoms with Gasteiger partial charge in [0.1, 0.15) is 5.82 Å². The first-order chi connectivity index (χ1) is 8.75. The van der Waals surface area contributed by atoms with Gasteiger partial charge in [0.2, 0.25) is 0 Å². The fourth-order valence-electron chi connectivity index (χ4n) is 2.64. The van der Waals surface area contributed by atoms with Gasteiger partial charge in [-0.3, -0.25) is 4.98 Å². The van der Waals surface area contributed by atoms with E-state index in [2.05, 4.69) is 16.9 Å². The van der Waals surface area contributed by atoms with Crippen molar-refractivity contribution in [2.24, 2.45) is 5.73 Å². The summed E-state index contributed by atoms with van der Waals surface area (Å²) in [5.41, 5.74) is 9.26. The van der Waals surface area contributed by atoms with Crippen molar-refractivity contribution in [3.8, 4) is 11.3 Å². The van der Waals surface area contributed by atoms with E-state index in [1.165, 1.54) is 6.42 Å². The van der Waals surface area contributed by atoms with Crippen LogP contribution in [-0.2, 0) is 5.41 Å². The number of pyridine rings is 1. The molecular weight excluding hydrogens is 224 g/mol. The second-order valence-corrected chi connectivity index (χ2v) is 5.13. The van der Waals surface area contributed by atoms with Crippen LogP contribution in [0.25, 0.3) is 11.3 Å². The Morgan fingerprint density at radius 3 is 2.61 bits per heavy atom. The standard InChI is InChI=1S/C14H18N4/c1-10-12(11-3-7-16-8-4-11)18-13(17-10)14(9-15)5-2-6-14/h3-4,7-8H,2,5-6,9,15H2,1H3,(H,17,18). The number of aromatic amines is 1. The van der Waals surface area contributed by atoms with E-state index in [-0.39, 0.29) is 5.41 Å². The number of aryl methyl sites for hydroxylation is 1. The molecule has 3 N–H and O–H groups in total. The lowest BCUT2D eigenvalue weighted by molar-refractivity contribution is 0.239. The molecule has 18 heavy (non-hydrogen) atoms. The highest BCUT2D eigenvalue weighted by Crippen LogP contribution is 2.42. The highest BCUT2D eigenvalue weighted by atomic mass is 15.0. The zero-order chi connectivity index (χ0) is 12.6. The van der Waals surface area contributed by atoms with Crippen molar-refractivity contribution in [1.29, 1.82) is 0 Å². The number of nitrogens with zero attached hydrogens (tertiary/aromatic N) is 2. The lowest BCUT2D eigenvalue weighted by Gasteiger charge is -2.39. The van der Waals surface area contributed by atoms with Gasteiger partial charge >= 0.3 is 0 Å². The predicted molar refractivity (Wildman–Crippen MR) is 71.1 cm³/mol. The van der Waals surface area contributed by atoms with Crippen molar-refractivity contribution in [3.63, 3.8) is 0 Å². The fourth-order valence-corrected chi connectivity index (χ4v) is 2.64. The molecule has 0 spiro atoms. The normalized spacial score (nSPS) is 17.4. The average Bonchev–Trinajstić information content (AvgIpc) is 2.72. The van der Waals surface area contributed by atoms with E-state index in [0.717, 1.165) is 35.6 Å². The number of rotatable bonds is 3. The van der Waals surface area contributed by atoms with Gasteiger partial charge in [0, 0.05) is 35.6 Å². The molecule has 0 amide bonds.